The van der Waals surface area contributed by atoms with Crippen LogP contribution in [0.5, 0.6) is 0 Å². The molecule has 1 aromatic rings. The first-order valence-electron chi connectivity index (χ1n) is 5.87. The maximum Gasteiger partial charge on any atom is 0.308 e. The number of carbonyl (C=O) groups is 1. The molecule has 3 heteroatoms. The van der Waals surface area contributed by atoms with Crippen LogP contribution in [-0.2, 0) is 9.53 Å². The van der Waals surface area contributed by atoms with Gasteiger partial charge in [-0.15, -0.1) is 0 Å². The van der Waals surface area contributed by atoms with E-state index in [9.17, 15) is 9.90 Å². The van der Waals surface area contributed by atoms with E-state index in [2.05, 4.69) is 0 Å². The van der Waals surface area contributed by atoms with Crippen LogP contribution in [0.15, 0.2) is 12.1 Å². The zero-order chi connectivity index (χ0) is 13.0. The van der Waals surface area contributed by atoms with E-state index in [0.29, 0.717) is 6.61 Å². The molecule has 0 fully saturated rings. The molecular weight excluding hydrogens is 216 g/mol. The van der Waals surface area contributed by atoms with Crippen LogP contribution in [0, 0.1) is 20.8 Å². The van der Waals surface area contributed by atoms with E-state index in [1.165, 1.54) is 5.56 Å². The van der Waals surface area contributed by atoms with Gasteiger partial charge in [0.2, 0.25) is 0 Å². The Hall–Kier alpha value is -1.35. The minimum absolute atomic E-state index is 0.0111. The molecule has 94 valence electrons. The van der Waals surface area contributed by atoms with E-state index in [1.54, 1.807) is 6.92 Å². The van der Waals surface area contributed by atoms with Crippen LogP contribution in [-0.4, -0.2) is 17.7 Å². The molecule has 0 saturated carbocycles. The molecule has 0 spiro atoms. The topological polar surface area (TPSA) is 46.5 Å². The maximum absolute atomic E-state index is 11.3. The van der Waals surface area contributed by atoms with E-state index in [1.807, 2.05) is 32.9 Å². The molecule has 0 bridgehead atoms. The van der Waals surface area contributed by atoms with Crippen molar-refractivity contribution in [2.75, 3.05) is 6.61 Å². The summed E-state index contributed by atoms with van der Waals surface area (Å²) in [4.78, 5) is 11.3. The minimum Gasteiger partial charge on any atom is -0.466 e. The van der Waals surface area contributed by atoms with Crippen molar-refractivity contribution in [2.45, 2.75) is 40.2 Å². The molecule has 0 saturated heterocycles. The van der Waals surface area contributed by atoms with Crippen molar-refractivity contribution in [1.29, 1.82) is 0 Å². The lowest BCUT2D eigenvalue weighted by Gasteiger charge is -2.15. The maximum atomic E-state index is 11.3. The predicted molar refractivity (Wildman–Crippen MR) is 66.9 cm³/mol. The van der Waals surface area contributed by atoms with Crippen molar-refractivity contribution in [3.63, 3.8) is 0 Å². The van der Waals surface area contributed by atoms with Crippen molar-refractivity contribution < 1.29 is 14.6 Å². The first-order chi connectivity index (χ1) is 7.95. The van der Waals surface area contributed by atoms with Gasteiger partial charge in [-0.05, 0) is 49.9 Å². The fraction of sp³-hybridized carbons (Fsp3) is 0.500. The highest BCUT2D eigenvalue weighted by atomic mass is 16.5. The molecule has 3 nitrogen and oxygen atoms in total. The molecule has 17 heavy (non-hydrogen) atoms. The quantitative estimate of drug-likeness (QED) is 0.817. The molecule has 0 amide bonds. The predicted octanol–water partition coefficient (Wildman–Crippen LogP) is 2.60. The van der Waals surface area contributed by atoms with Gasteiger partial charge in [0.05, 0.1) is 19.1 Å². The third kappa shape index (κ3) is 3.56. The SMILES string of the molecule is CCOC(=O)CC(O)c1cc(C)c(C)cc1C. The number of aliphatic hydroxyl groups excluding tert-OH is 1. The van der Waals surface area contributed by atoms with Crippen molar-refractivity contribution in [2.24, 2.45) is 0 Å². The number of aliphatic hydroxyl groups is 1. The molecule has 0 aliphatic rings. The Kier molecular flexibility index (Phi) is 4.70. The first kappa shape index (κ1) is 13.7. The normalized spacial score (nSPS) is 12.3. The van der Waals surface area contributed by atoms with Gasteiger partial charge in [-0.2, -0.15) is 0 Å². The Morgan fingerprint density at radius 2 is 1.82 bits per heavy atom. The van der Waals surface area contributed by atoms with Crippen LogP contribution < -0.4 is 0 Å². The van der Waals surface area contributed by atoms with Gasteiger partial charge in [-0.3, -0.25) is 4.79 Å². The summed E-state index contributed by atoms with van der Waals surface area (Å²) in [6.45, 7) is 8.07. The Morgan fingerprint density at radius 1 is 1.24 bits per heavy atom. The Labute approximate surface area is 102 Å². The van der Waals surface area contributed by atoms with Gasteiger partial charge in [0.15, 0.2) is 0 Å². The second kappa shape index (κ2) is 5.82. The molecule has 1 N–H and O–H groups in total. The van der Waals surface area contributed by atoms with Crippen LogP contribution in [0.3, 0.4) is 0 Å². The standard InChI is InChI=1S/C14H20O3/c1-5-17-14(16)8-13(15)12-7-10(3)9(2)6-11(12)4/h6-7,13,15H,5,8H2,1-4H3. The largest absolute Gasteiger partial charge is 0.466 e. The summed E-state index contributed by atoms with van der Waals surface area (Å²) in [6.07, 6.45) is -0.773. The van der Waals surface area contributed by atoms with Gasteiger partial charge in [0, 0.05) is 0 Å². The molecule has 0 radical (unpaired) electrons. The van der Waals surface area contributed by atoms with Gasteiger partial charge in [-0.1, -0.05) is 12.1 Å². The Bertz CT molecular complexity index is 410. The number of hydrogen-bond donors (Lipinski definition) is 1. The highest BCUT2D eigenvalue weighted by Crippen LogP contribution is 2.24. The first-order valence-corrected chi connectivity index (χ1v) is 5.87. The Balaban J connectivity index is 2.85. The van der Waals surface area contributed by atoms with Gasteiger partial charge in [0.25, 0.3) is 0 Å². The van der Waals surface area contributed by atoms with Crippen molar-refractivity contribution in [3.05, 3.63) is 34.4 Å². The summed E-state index contributed by atoms with van der Waals surface area (Å²) in [5.74, 6) is -0.363. The van der Waals surface area contributed by atoms with Crippen LogP contribution in [0.1, 0.15) is 41.7 Å². The molecule has 0 aliphatic heterocycles. The van der Waals surface area contributed by atoms with Crippen molar-refractivity contribution in [1.82, 2.24) is 0 Å². The third-order valence-electron chi connectivity index (χ3n) is 2.91. The number of ether oxygens (including phenoxy) is 1. The summed E-state index contributed by atoms with van der Waals surface area (Å²) in [5, 5.41) is 10.0. The molecule has 0 aromatic heterocycles. The zero-order valence-electron chi connectivity index (χ0n) is 10.9. The highest BCUT2D eigenvalue weighted by Gasteiger charge is 2.16. The smallest absolute Gasteiger partial charge is 0.308 e. The number of aryl methyl sites for hydroxylation is 3. The molecule has 0 heterocycles. The zero-order valence-corrected chi connectivity index (χ0v) is 10.9. The third-order valence-corrected chi connectivity index (χ3v) is 2.91. The van der Waals surface area contributed by atoms with Gasteiger partial charge >= 0.3 is 5.97 Å². The molecule has 1 atom stereocenters. The van der Waals surface area contributed by atoms with E-state index < -0.39 is 6.10 Å². The van der Waals surface area contributed by atoms with Crippen LogP contribution >= 0.6 is 0 Å². The average Bonchev–Trinajstić information content (AvgIpc) is 2.23. The Morgan fingerprint density at radius 3 is 2.41 bits per heavy atom. The summed E-state index contributed by atoms with van der Waals surface area (Å²) >= 11 is 0. The van der Waals surface area contributed by atoms with E-state index >= 15 is 0 Å². The summed E-state index contributed by atoms with van der Waals surface area (Å²) < 4.78 is 4.83. The second-order valence-electron chi connectivity index (χ2n) is 4.32. The fourth-order valence-electron chi connectivity index (χ4n) is 1.83. The monoisotopic (exact) mass is 236 g/mol. The summed E-state index contributed by atoms with van der Waals surface area (Å²) in [6, 6.07) is 3.97. The molecule has 1 rings (SSSR count). The second-order valence-corrected chi connectivity index (χ2v) is 4.32. The lowest BCUT2D eigenvalue weighted by Crippen LogP contribution is -2.11. The van der Waals surface area contributed by atoms with Gasteiger partial charge in [0.1, 0.15) is 0 Å². The number of carbonyl (C=O) groups excluding carboxylic acids is 1. The molecular formula is C14H20O3. The number of esters is 1. The number of rotatable bonds is 4. The van der Waals surface area contributed by atoms with Crippen molar-refractivity contribution in [3.8, 4) is 0 Å². The van der Waals surface area contributed by atoms with Crippen LogP contribution in [0.2, 0.25) is 0 Å². The highest BCUT2D eigenvalue weighted by molar-refractivity contribution is 5.70. The van der Waals surface area contributed by atoms with Crippen LogP contribution in [0.4, 0.5) is 0 Å². The van der Waals surface area contributed by atoms with E-state index in [4.69, 9.17) is 4.74 Å². The van der Waals surface area contributed by atoms with Gasteiger partial charge in [-0.25, -0.2) is 0 Å². The molecule has 1 aromatic carbocycles. The van der Waals surface area contributed by atoms with Crippen LogP contribution in [0.25, 0.3) is 0 Å². The minimum atomic E-state index is -0.784. The van der Waals surface area contributed by atoms with Crippen molar-refractivity contribution >= 4 is 5.97 Å². The van der Waals surface area contributed by atoms with E-state index in [0.717, 1.165) is 16.7 Å². The summed E-state index contributed by atoms with van der Waals surface area (Å²) in [5.41, 5.74) is 4.12. The average molecular weight is 236 g/mol. The summed E-state index contributed by atoms with van der Waals surface area (Å²) in [7, 11) is 0. The molecule has 0 aliphatic carbocycles. The number of benzene rings is 1. The molecule has 1 unspecified atom stereocenters. The number of hydrogen-bond acceptors (Lipinski definition) is 3. The van der Waals surface area contributed by atoms with E-state index in [-0.39, 0.29) is 12.4 Å². The van der Waals surface area contributed by atoms with Gasteiger partial charge < -0.3 is 9.84 Å². The fourth-order valence-corrected chi connectivity index (χ4v) is 1.83. The lowest BCUT2D eigenvalue weighted by molar-refractivity contribution is -0.145. The lowest BCUT2D eigenvalue weighted by atomic mass is 9.96.